The van der Waals surface area contributed by atoms with Crippen LogP contribution in [0.25, 0.3) is 0 Å². The van der Waals surface area contributed by atoms with Gasteiger partial charge in [-0.25, -0.2) is 0 Å². The molecule has 0 saturated heterocycles. The van der Waals surface area contributed by atoms with Crippen molar-refractivity contribution >= 4 is 5.69 Å². The molecule has 0 radical (unpaired) electrons. The van der Waals surface area contributed by atoms with Gasteiger partial charge < -0.3 is 4.90 Å². The van der Waals surface area contributed by atoms with Crippen LogP contribution in [0.4, 0.5) is 5.69 Å². The van der Waals surface area contributed by atoms with Crippen molar-refractivity contribution in [3.8, 4) is 6.07 Å². The molecule has 0 aliphatic rings. The number of hydrogen-bond acceptors (Lipinski definition) is 3. The molecule has 0 bridgehead atoms. The third-order valence-corrected chi connectivity index (χ3v) is 3.03. The molecule has 0 N–H and O–H groups in total. The van der Waals surface area contributed by atoms with Crippen LogP contribution in [0.3, 0.4) is 0 Å². The van der Waals surface area contributed by atoms with E-state index < -0.39 is 0 Å². The predicted molar refractivity (Wildman–Crippen MR) is 77.0 cm³/mol. The summed E-state index contributed by atoms with van der Waals surface area (Å²) in [6.45, 7) is 4.71. The first kappa shape index (κ1) is 13.1. The van der Waals surface area contributed by atoms with Crippen LogP contribution in [0.15, 0.2) is 36.4 Å². The molecule has 0 aliphatic heterocycles. The third-order valence-electron chi connectivity index (χ3n) is 3.03. The van der Waals surface area contributed by atoms with Gasteiger partial charge in [0.15, 0.2) is 0 Å². The van der Waals surface area contributed by atoms with E-state index in [9.17, 15) is 5.26 Å². The number of aromatic nitrogens is 1. The van der Waals surface area contributed by atoms with E-state index in [-0.39, 0.29) is 0 Å². The molecule has 19 heavy (non-hydrogen) atoms. The summed E-state index contributed by atoms with van der Waals surface area (Å²) in [5.74, 6) is 0. The van der Waals surface area contributed by atoms with Gasteiger partial charge in [0.25, 0.3) is 0 Å². The maximum absolute atomic E-state index is 9.18. The molecule has 1 heterocycles. The fraction of sp³-hybridized carbons (Fsp3) is 0.250. The van der Waals surface area contributed by atoms with Gasteiger partial charge >= 0.3 is 0 Å². The maximum Gasteiger partial charge on any atom is 0.101 e. The minimum Gasteiger partial charge on any atom is -0.368 e. The van der Waals surface area contributed by atoms with Crippen LogP contribution in [0.1, 0.15) is 22.5 Å². The number of anilines is 1. The molecule has 0 unspecified atom stereocenters. The van der Waals surface area contributed by atoms with Gasteiger partial charge in [0, 0.05) is 12.7 Å². The Labute approximate surface area is 114 Å². The Morgan fingerprint density at radius 2 is 2.00 bits per heavy atom. The Balaban J connectivity index is 2.27. The lowest BCUT2D eigenvalue weighted by atomic mass is 10.1. The SMILES string of the molecule is Cc1ccc(C#N)c(N(C)Cc2cccc(C)n2)c1. The largest absolute Gasteiger partial charge is 0.368 e. The minimum atomic E-state index is 0.694. The molecule has 0 aliphatic carbocycles. The average molecular weight is 251 g/mol. The summed E-state index contributed by atoms with van der Waals surface area (Å²) in [5.41, 5.74) is 4.81. The van der Waals surface area contributed by atoms with E-state index in [0.29, 0.717) is 12.1 Å². The summed E-state index contributed by atoms with van der Waals surface area (Å²) >= 11 is 0. The van der Waals surface area contributed by atoms with E-state index in [2.05, 4.69) is 16.0 Å². The van der Waals surface area contributed by atoms with Gasteiger partial charge in [0.2, 0.25) is 0 Å². The highest BCUT2D eigenvalue weighted by Gasteiger charge is 2.08. The van der Waals surface area contributed by atoms with Gasteiger partial charge in [0.05, 0.1) is 23.5 Å². The number of hydrogen-bond donors (Lipinski definition) is 0. The fourth-order valence-electron chi connectivity index (χ4n) is 2.07. The molecule has 0 spiro atoms. The van der Waals surface area contributed by atoms with Crippen LogP contribution in [-0.2, 0) is 6.54 Å². The van der Waals surface area contributed by atoms with E-state index >= 15 is 0 Å². The van der Waals surface area contributed by atoms with Crippen LogP contribution < -0.4 is 4.90 Å². The minimum absolute atomic E-state index is 0.694. The van der Waals surface area contributed by atoms with E-state index in [1.54, 1.807) is 0 Å². The Hall–Kier alpha value is -2.34. The maximum atomic E-state index is 9.18. The first-order chi connectivity index (χ1) is 9.10. The molecule has 0 amide bonds. The smallest absolute Gasteiger partial charge is 0.101 e. The highest BCUT2D eigenvalue weighted by atomic mass is 15.1. The summed E-state index contributed by atoms with van der Waals surface area (Å²) in [5, 5.41) is 9.18. The number of rotatable bonds is 3. The second-order valence-electron chi connectivity index (χ2n) is 4.76. The van der Waals surface area contributed by atoms with Crippen molar-refractivity contribution in [2.45, 2.75) is 20.4 Å². The Bertz CT molecular complexity index is 626. The number of benzene rings is 1. The van der Waals surface area contributed by atoms with Gasteiger partial charge in [-0.05, 0) is 43.7 Å². The van der Waals surface area contributed by atoms with Crippen LogP contribution >= 0.6 is 0 Å². The molecule has 2 aromatic rings. The normalized spacial score (nSPS) is 10.0. The van der Waals surface area contributed by atoms with Crippen LogP contribution in [-0.4, -0.2) is 12.0 Å². The Morgan fingerprint density at radius 3 is 2.68 bits per heavy atom. The number of nitrogens with zero attached hydrogens (tertiary/aromatic N) is 3. The topological polar surface area (TPSA) is 39.9 Å². The van der Waals surface area contributed by atoms with Crippen molar-refractivity contribution in [1.29, 1.82) is 5.26 Å². The predicted octanol–water partition coefficient (Wildman–Crippen LogP) is 3.21. The van der Waals surface area contributed by atoms with Gasteiger partial charge in [-0.3, -0.25) is 4.98 Å². The van der Waals surface area contributed by atoms with E-state index in [1.807, 2.05) is 57.3 Å². The van der Waals surface area contributed by atoms with Crippen LogP contribution in [0.2, 0.25) is 0 Å². The van der Waals surface area contributed by atoms with Crippen LogP contribution in [0.5, 0.6) is 0 Å². The summed E-state index contributed by atoms with van der Waals surface area (Å²) in [6, 6.07) is 14.1. The fourth-order valence-corrected chi connectivity index (χ4v) is 2.07. The lowest BCUT2D eigenvalue weighted by molar-refractivity contribution is 0.874. The van der Waals surface area contributed by atoms with Crippen LogP contribution in [0, 0.1) is 25.2 Å². The van der Waals surface area contributed by atoms with E-state index in [4.69, 9.17) is 0 Å². The van der Waals surface area contributed by atoms with E-state index in [0.717, 1.165) is 22.6 Å². The lowest BCUT2D eigenvalue weighted by Crippen LogP contribution is -2.18. The van der Waals surface area contributed by atoms with Gasteiger partial charge in [-0.15, -0.1) is 0 Å². The molecule has 3 nitrogen and oxygen atoms in total. The first-order valence-corrected chi connectivity index (χ1v) is 6.24. The standard InChI is InChI=1S/C16H17N3/c1-12-7-8-14(10-17)16(9-12)19(3)11-15-6-4-5-13(2)18-15/h4-9H,11H2,1-3H3. The van der Waals surface area contributed by atoms with Crippen molar-refractivity contribution < 1.29 is 0 Å². The molecule has 0 atom stereocenters. The molecule has 0 saturated carbocycles. The summed E-state index contributed by atoms with van der Waals surface area (Å²) in [6.07, 6.45) is 0. The molecule has 3 heteroatoms. The summed E-state index contributed by atoms with van der Waals surface area (Å²) in [7, 11) is 1.99. The second kappa shape index (κ2) is 5.53. The molecule has 1 aromatic carbocycles. The highest BCUT2D eigenvalue weighted by Crippen LogP contribution is 2.21. The molecule has 2 rings (SSSR count). The lowest BCUT2D eigenvalue weighted by Gasteiger charge is -2.20. The molecular formula is C16H17N3. The zero-order chi connectivity index (χ0) is 13.8. The molecule has 1 aromatic heterocycles. The number of pyridine rings is 1. The van der Waals surface area contributed by atoms with Gasteiger partial charge in [-0.1, -0.05) is 12.1 Å². The average Bonchev–Trinajstić information content (AvgIpc) is 2.38. The van der Waals surface area contributed by atoms with Crippen molar-refractivity contribution in [2.75, 3.05) is 11.9 Å². The first-order valence-electron chi connectivity index (χ1n) is 6.24. The van der Waals surface area contributed by atoms with E-state index in [1.165, 1.54) is 0 Å². The van der Waals surface area contributed by atoms with Crippen molar-refractivity contribution in [3.63, 3.8) is 0 Å². The molecule has 0 fully saturated rings. The highest BCUT2D eigenvalue weighted by molar-refractivity contribution is 5.60. The van der Waals surface area contributed by atoms with Gasteiger partial charge in [0.1, 0.15) is 6.07 Å². The van der Waals surface area contributed by atoms with Gasteiger partial charge in [-0.2, -0.15) is 5.26 Å². The molecule has 96 valence electrons. The zero-order valence-corrected chi connectivity index (χ0v) is 11.5. The molecular weight excluding hydrogens is 234 g/mol. The van der Waals surface area contributed by atoms with Crippen molar-refractivity contribution in [2.24, 2.45) is 0 Å². The Morgan fingerprint density at radius 1 is 1.21 bits per heavy atom. The Kier molecular flexibility index (Phi) is 3.82. The number of aryl methyl sites for hydroxylation is 2. The monoisotopic (exact) mass is 251 g/mol. The summed E-state index contributed by atoms with van der Waals surface area (Å²) in [4.78, 5) is 6.55. The third kappa shape index (κ3) is 3.11. The second-order valence-corrected chi connectivity index (χ2v) is 4.76. The van der Waals surface area contributed by atoms with Crippen molar-refractivity contribution in [1.82, 2.24) is 4.98 Å². The summed E-state index contributed by atoms with van der Waals surface area (Å²) < 4.78 is 0. The number of nitriles is 1. The zero-order valence-electron chi connectivity index (χ0n) is 11.5. The quantitative estimate of drug-likeness (QED) is 0.841. The van der Waals surface area contributed by atoms with Crippen molar-refractivity contribution in [3.05, 3.63) is 58.9 Å².